The van der Waals surface area contributed by atoms with Crippen LogP contribution in [-0.2, 0) is 12.8 Å². The highest BCUT2D eigenvalue weighted by Gasteiger charge is 2.24. The molecule has 2 atom stereocenters. The number of fused-ring (bicyclic) bond motifs is 1. The summed E-state index contributed by atoms with van der Waals surface area (Å²) in [6.45, 7) is 1.79. The topological polar surface area (TPSA) is 74.9 Å². The molecule has 0 spiro atoms. The molecule has 0 saturated carbocycles. The van der Waals surface area contributed by atoms with Crippen LogP contribution in [0, 0.1) is 0 Å². The summed E-state index contributed by atoms with van der Waals surface area (Å²) in [6.07, 6.45) is 2.60. The molecule has 4 heteroatoms. The van der Waals surface area contributed by atoms with Crippen LogP contribution in [0.25, 0.3) is 0 Å². The van der Waals surface area contributed by atoms with E-state index in [2.05, 4.69) is 10.2 Å². The predicted octanol–water partition coefficient (Wildman–Crippen LogP) is 0.279. The van der Waals surface area contributed by atoms with E-state index in [-0.39, 0.29) is 6.04 Å². The first-order valence-electron chi connectivity index (χ1n) is 4.70. The molecule has 72 valence electrons. The standard InChI is InChI=1S/C9H15N3O/c1-5(10)9(13)8-6-3-2-4-7(6)11-12-8/h5,9,13H,2-4,10H2,1H3,(H,11,12). The van der Waals surface area contributed by atoms with Crippen molar-refractivity contribution >= 4 is 0 Å². The van der Waals surface area contributed by atoms with E-state index in [1.165, 1.54) is 11.3 Å². The zero-order valence-electron chi connectivity index (χ0n) is 7.75. The number of aromatic nitrogens is 2. The second-order valence-corrected chi connectivity index (χ2v) is 3.72. The summed E-state index contributed by atoms with van der Waals surface area (Å²) in [4.78, 5) is 0. The van der Waals surface area contributed by atoms with E-state index in [0.29, 0.717) is 0 Å². The Morgan fingerprint density at radius 1 is 1.54 bits per heavy atom. The molecule has 1 aliphatic carbocycles. The van der Waals surface area contributed by atoms with Gasteiger partial charge in [0.2, 0.25) is 0 Å². The predicted molar refractivity (Wildman–Crippen MR) is 49.2 cm³/mol. The van der Waals surface area contributed by atoms with Crippen molar-refractivity contribution in [3.8, 4) is 0 Å². The Morgan fingerprint density at radius 3 is 3.00 bits per heavy atom. The number of rotatable bonds is 2. The molecule has 0 amide bonds. The molecule has 0 fully saturated rings. The number of aromatic amines is 1. The Labute approximate surface area is 77.1 Å². The Bertz CT molecular complexity index is 306. The normalized spacial score (nSPS) is 19.9. The molecule has 4 nitrogen and oxygen atoms in total. The molecule has 1 aromatic heterocycles. The van der Waals surface area contributed by atoms with Crippen molar-refractivity contribution in [2.24, 2.45) is 5.73 Å². The lowest BCUT2D eigenvalue weighted by atomic mass is 10.1. The van der Waals surface area contributed by atoms with E-state index in [4.69, 9.17) is 5.73 Å². The quantitative estimate of drug-likeness (QED) is 0.613. The lowest BCUT2D eigenvalue weighted by molar-refractivity contribution is 0.147. The molecule has 1 heterocycles. The molecule has 13 heavy (non-hydrogen) atoms. The molecule has 4 N–H and O–H groups in total. The summed E-state index contributed by atoms with van der Waals surface area (Å²) < 4.78 is 0. The second-order valence-electron chi connectivity index (χ2n) is 3.72. The first kappa shape index (κ1) is 8.72. The van der Waals surface area contributed by atoms with Gasteiger partial charge in [0.25, 0.3) is 0 Å². The SMILES string of the molecule is CC(N)C(O)c1n[nH]c2c1CCC2. The van der Waals surface area contributed by atoms with Crippen LogP contribution in [0.15, 0.2) is 0 Å². The minimum atomic E-state index is -0.627. The van der Waals surface area contributed by atoms with E-state index in [1.54, 1.807) is 6.92 Å². The number of aryl methyl sites for hydroxylation is 1. The summed E-state index contributed by atoms with van der Waals surface area (Å²) in [5.74, 6) is 0. The first-order chi connectivity index (χ1) is 6.20. The highest BCUT2D eigenvalue weighted by atomic mass is 16.3. The van der Waals surface area contributed by atoms with Crippen molar-refractivity contribution in [1.29, 1.82) is 0 Å². The number of aliphatic hydroxyl groups is 1. The summed E-state index contributed by atoms with van der Waals surface area (Å²) in [7, 11) is 0. The van der Waals surface area contributed by atoms with Crippen molar-refractivity contribution < 1.29 is 5.11 Å². The third kappa shape index (κ3) is 1.36. The molecule has 1 aromatic rings. The van der Waals surface area contributed by atoms with Gasteiger partial charge in [-0.05, 0) is 31.7 Å². The van der Waals surface area contributed by atoms with E-state index >= 15 is 0 Å². The number of H-pyrrole nitrogens is 1. The Hall–Kier alpha value is -0.870. The number of hydrogen-bond donors (Lipinski definition) is 3. The van der Waals surface area contributed by atoms with Crippen molar-refractivity contribution in [3.05, 3.63) is 17.0 Å². The molecular formula is C9H15N3O. The summed E-state index contributed by atoms with van der Waals surface area (Å²) >= 11 is 0. The van der Waals surface area contributed by atoms with Gasteiger partial charge < -0.3 is 10.8 Å². The molecule has 0 saturated heterocycles. The second kappa shape index (κ2) is 3.12. The van der Waals surface area contributed by atoms with Crippen LogP contribution in [0.1, 0.15) is 36.4 Å². The largest absolute Gasteiger partial charge is 0.385 e. The van der Waals surface area contributed by atoms with Crippen LogP contribution in [-0.4, -0.2) is 21.3 Å². The van der Waals surface area contributed by atoms with Gasteiger partial charge in [0.1, 0.15) is 6.10 Å². The average molecular weight is 181 g/mol. The van der Waals surface area contributed by atoms with Gasteiger partial charge in [0, 0.05) is 11.7 Å². The highest BCUT2D eigenvalue weighted by molar-refractivity contribution is 5.31. The first-order valence-corrected chi connectivity index (χ1v) is 4.70. The maximum atomic E-state index is 9.74. The number of nitrogens with two attached hydrogens (primary N) is 1. The minimum absolute atomic E-state index is 0.256. The average Bonchev–Trinajstić information content (AvgIpc) is 2.61. The number of aliphatic hydroxyl groups excluding tert-OH is 1. The number of nitrogens with zero attached hydrogens (tertiary/aromatic N) is 1. The van der Waals surface area contributed by atoms with Crippen molar-refractivity contribution in [2.45, 2.75) is 38.3 Å². The van der Waals surface area contributed by atoms with Crippen LogP contribution in [0.4, 0.5) is 0 Å². The van der Waals surface area contributed by atoms with Crippen LogP contribution < -0.4 is 5.73 Å². The van der Waals surface area contributed by atoms with Gasteiger partial charge in [0.05, 0.1) is 5.69 Å². The summed E-state index contributed by atoms with van der Waals surface area (Å²) in [6, 6.07) is -0.256. The van der Waals surface area contributed by atoms with Gasteiger partial charge in [-0.3, -0.25) is 5.10 Å². The zero-order chi connectivity index (χ0) is 9.42. The molecular weight excluding hydrogens is 166 g/mol. The molecule has 0 aliphatic heterocycles. The molecule has 2 unspecified atom stereocenters. The molecule has 0 radical (unpaired) electrons. The molecule has 0 bridgehead atoms. The monoisotopic (exact) mass is 181 g/mol. The van der Waals surface area contributed by atoms with E-state index < -0.39 is 6.10 Å². The molecule has 0 aromatic carbocycles. The van der Waals surface area contributed by atoms with Gasteiger partial charge >= 0.3 is 0 Å². The van der Waals surface area contributed by atoms with Gasteiger partial charge in [-0.1, -0.05) is 0 Å². The highest BCUT2D eigenvalue weighted by Crippen LogP contribution is 2.27. The molecule has 1 aliphatic rings. The van der Waals surface area contributed by atoms with Gasteiger partial charge in [-0.15, -0.1) is 0 Å². The fourth-order valence-corrected chi connectivity index (χ4v) is 1.84. The summed E-state index contributed by atoms with van der Waals surface area (Å²) in [5.41, 5.74) is 8.73. The van der Waals surface area contributed by atoms with Crippen molar-refractivity contribution in [3.63, 3.8) is 0 Å². The number of hydrogen-bond acceptors (Lipinski definition) is 3. The smallest absolute Gasteiger partial charge is 0.113 e. The fraction of sp³-hybridized carbons (Fsp3) is 0.667. The van der Waals surface area contributed by atoms with Crippen molar-refractivity contribution in [2.75, 3.05) is 0 Å². The number of nitrogens with one attached hydrogen (secondary N) is 1. The van der Waals surface area contributed by atoms with Crippen molar-refractivity contribution in [1.82, 2.24) is 10.2 Å². The van der Waals surface area contributed by atoms with E-state index in [1.807, 2.05) is 0 Å². The maximum Gasteiger partial charge on any atom is 0.113 e. The zero-order valence-corrected chi connectivity index (χ0v) is 7.75. The van der Waals surface area contributed by atoms with Crippen LogP contribution >= 0.6 is 0 Å². The minimum Gasteiger partial charge on any atom is -0.385 e. The lowest BCUT2D eigenvalue weighted by Gasteiger charge is -2.12. The maximum absolute atomic E-state index is 9.74. The van der Waals surface area contributed by atoms with E-state index in [9.17, 15) is 5.11 Å². The van der Waals surface area contributed by atoms with Crippen LogP contribution in [0.2, 0.25) is 0 Å². The third-order valence-electron chi connectivity index (χ3n) is 2.62. The van der Waals surface area contributed by atoms with Crippen LogP contribution in [0.3, 0.4) is 0 Å². The lowest BCUT2D eigenvalue weighted by Crippen LogP contribution is -2.25. The fourth-order valence-electron chi connectivity index (χ4n) is 1.84. The Kier molecular flexibility index (Phi) is 2.09. The van der Waals surface area contributed by atoms with Gasteiger partial charge in [-0.25, -0.2) is 0 Å². The molecule has 2 rings (SSSR count). The summed E-state index contributed by atoms with van der Waals surface area (Å²) in [5, 5.41) is 16.8. The Balaban J connectivity index is 2.30. The third-order valence-corrected chi connectivity index (χ3v) is 2.62. The van der Waals surface area contributed by atoms with E-state index in [0.717, 1.165) is 25.0 Å². The van der Waals surface area contributed by atoms with Gasteiger partial charge in [0.15, 0.2) is 0 Å². The Morgan fingerprint density at radius 2 is 2.31 bits per heavy atom. The van der Waals surface area contributed by atoms with Gasteiger partial charge in [-0.2, -0.15) is 5.10 Å². The van der Waals surface area contributed by atoms with Crippen LogP contribution in [0.5, 0.6) is 0 Å².